The Morgan fingerprint density at radius 2 is 1.54 bits per heavy atom. The standard InChI is InChI=1S/C19H23NO5S/c1-14(2)20(15-5-11-18(12-6-15)26(4,22)23)19(21)13-25-17-9-7-16(24-3)8-10-17/h5-12,14H,13H2,1-4H3. The molecule has 0 heterocycles. The summed E-state index contributed by atoms with van der Waals surface area (Å²) in [5.41, 5.74) is 0.621. The van der Waals surface area contributed by atoms with E-state index in [-0.39, 0.29) is 23.5 Å². The summed E-state index contributed by atoms with van der Waals surface area (Å²) >= 11 is 0. The van der Waals surface area contributed by atoms with Crippen molar-refractivity contribution in [2.75, 3.05) is 24.9 Å². The Kier molecular flexibility index (Phi) is 6.26. The number of ether oxygens (including phenoxy) is 2. The number of anilines is 1. The number of carbonyl (C=O) groups is 1. The second kappa shape index (κ2) is 8.23. The molecule has 0 aliphatic carbocycles. The highest BCUT2D eigenvalue weighted by Crippen LogP contribution is 2.21. The number of amides is 1. The topological polar surface area (TPSA) is 72.9 Å². The number of hydrogen-bond acceptors (Lipinski definition) is 5. The molecule has 0 fully saturated rings. The molecule has 2 aromatic rings. The van der Waals surface area contributed by atoms with Gasteiger partial charge in [0.2, 0.25) is 0 Å². The van der Waals surface area contributed by atoms with Gasteiger partial charge >= 0.3 is 0 Å². The van der Waals surface area contributed by atoms with Gasteiger partial charge in [0.05, 0.1) is 12.0 Å². The van der Waals surface area contributed by atoms with Gasteiger partial charge in [0.15, 0.2) is 16.4 Å². The van der Waals surface area contributed by atoms with E-state index in [1.54, 1.807) is 48.4 Å². The molecule has 0 spiro atoms. The van der Waals surface area contributed by atoms with Gasteiger partial charge in [-0.15, -0.1) is 0 Å². The lowest BCUT2D eigenvalue weighted by Crippen LogP contribution is -2.40. The van der Waals surface area contributed by atoms with Crippen molar-refractivity contribution in [3.63, 3.8) is 0 Å². The lowest BCUT2D eigenvalue weighted by atomic mass is 10.2. The maximum Gasteiger partial charge on any atom is 0.265 e. The van der Waals surface area contributed by atoms with E-state index in [2.05, 4.69) is 0 Å². The highest BCUT2D eigenvalue weighted by molar-refractivity contribution is 7.90. The van der Waals surface area contributed by atoms with Gasteiger partial charge in [-0.3, -0.25) is 4.79 Å². The Balaban J connectivity index is 2.11. The third-order valence-corrected chi connectivity index (χ3v) is 4.88. The lowest BCUT2D eigenvalue weighted by Gasteiger charge is -2.27. The minimum absolute atomic E-state index is 0.106. The molecule has 6 nitrogen and oxygen atoms in total. The van der Waals surface area contributed by atoms with Gasteiger partial charge in [-0.1, -0.05) is 0 Å². The van der Waals surface area contributed by atoms with E-state index in [1.807, 2.05) is 13.8 Å². The Hall–Kier alpha value is -2.54. The Morgan fingerprint density at radius 3 is 2.00 bits per heavy atom. The van der Waals surface area contributed by atoms with E-state index in [4.69, 9.17) is 9.47 Å². The van der Waals surface area contributed by atoms with Crippen LogP contribution in [0.5, 0.6) is 11.5 Å². The molecule has 2 aromatic carbocycles. The molecule has 0 N–H and O–H groups in total. The van der Waals surface area contributed by atoms with Crippen LogP contribution in [0.15, 0.2) is 53.4 Å². The summed E-state index contributed by atoms with van der Waals surface area (Å²) in [5, 5.41) is 0. The van der Waals surface area contributed by atoms with E-state index >= 15 is 0 Å². The highest BCUT2D eigenvalue weighted by Gasteiger charge is 2.20. The van der Waals surface area contributed by atoms with Crippen molar-refractivity contribution in [1.82, 2.24) is 0 Å². The zero-order valence-electron chi connectivity index (χ0n) is 15.3. The molecule has 140 valence electrons. The number of sulfone groups is 1. The molecule has 0 saturated heterocycles. The van der Waals surface area contributed by atoms with Crippen LogP contribution < -0.4 is 14.4 Å². The van der Waals surface area contributed by atoms with E-state index < -0.39 is 9.84 Å². The van der Waals surface area contributed by atoms with Crippen LogP contribution in [0.25, 0.3) is 0 Å². The van der Waals surface area contributed by atoms with Crippen molar-refractivity contribution in [3.8, 4) is 11.5 Å². The zero-order valence-corrected chi connectivity index (χ0v) is 16.1. The first kappa shape index (κ1) is 19.8. The van der Waals surface area contributed by atoms with Crippen molar-refractivity contribution in [2.45, 2.75) is 24.8 Å². The summed E-state index contributed by atoms with van der Waals surface area (Å²) in [6.45, 7) is 3.64. The quantitative estimate of drug-likeness (QED) is 0.742. The van der Waals surface area contributed by atoms with Crippen molar-refractivity contribution in [1.29, 1.82) is 0 Å². The summed E-state index contributed by atoms with van der Waals surface area (Å²) in [7, 11) is -1.70. The Morgan fingerprint density at radius 1 is 1.00 bits per heavy atom. The van der Waals surface area contributed by atoms with Crippen molar-refractivity contribution in [2.24, 2.45) is 0 Å². The first-order chi connectivity index (χ1) is 12.2. The molecule has 0 aliphatic rings. The SMILES string of the molecule is COc1ccc(OCC(=O)N(c2ccc(S(C)(=O)=O)cc2)C(C)C)cc1. The third-order valence-electron chi connectivity index (χ3n) is 3.75. The largest absolute Gasteiger partial charge is 0.497 e. The van der Waals surface area contributed by atoms with Gasteiger partial charge in [-0.2, -0.15) is 0 Å². The van der Waals surface area contributed by atoms with Crippen molar-refractivity contribution < 1.29 is 22.7 Å². The average Bonchev–Trinajstić information content (AvgIpc) is 2.60. The fourth-order valence-electron chi connectivity index (χ4n) is 2.47. The summed E-state index contributed by atoms with van der Waals surface area (Å²) < 4.78 is 33.8. The molecular weight excluding hydrogens is 354 g/mol. The molecule has 0 unspecified atom stereocenters. The molecule has 2 rings (SSSR count). The van der Waals surface area contributed by atoms with Gasteiger partial charge in [-0.25, -0.2) is 8.42 Å². The molecule has 1 amide bonds. The minimum Gasteiger partial charge on any atom is -0.497 e. The fraction of sp³-hybridized carbons (Fsp3) is 0.316. The maximum absolute atomic E-state index is 12.6. The van der Waals surface area contributed by atoms with E-state index in [1.165, 1.54) is 12.1 Å². The van der Waals surface area contributed by atoms with Gasteiger partial charge in [-0.05, 0) is 62.4 Å². The second-order valence-electron chi connectivity index (χ2n) is 6.09. The first-order valence-corrected chi connectivity index (χ1v) is 10.0. The van der Waals surface area contributed by atoms with Crippen LogP contribution in [0.1, 0.15) is 13.8 Å². The van der Waals surface area contributed by atoms with Crippen molar-refractivity contribution in [3.05, 3.63) is 48.5 Å². The molecule has 0 radical (unpaired) electrons. The van der Waals surface area contributed by atoms with E-state index in [0.29, 0.717) is 17.2 Å². The van der Waals surface area contributed by atoms with Gasteiger partial charge < -0.3 is 14.4 Å². The molecule has 0 bridgehead atoms. The average molecular weight is 377 g/mol. The highest BCUT2D eigenvalue weighted by atomic mass is 32.2. The molecule has 26 heavy (non-hydrogen) atoms. The van der Waals surface area contributed by atoms with Crippen LogP contribution in [-0.2, 0) is 14.6 Å². The van der Waals surface area contributed by atoms with Crippen LogP contribution >= 0.6 is 0 Å². The van der Waals surface area contributed by atoms with Gasteiger partial charge in [0, 0.05) is 18.0 Å². The van der Waals surface area contributed by atoms with Gasteiger partial charge in [0.1, 0.15) is 11.5 Å². The van der Waals surface area contributed by atoms with E-state index in [0.717, 1.165) is 6.26 Å². The minimum atomic E-state index is -3.28. The predicted molar refractivity (Wildman–Crippen MR) is 101 cm³/mol. The Labute approximate surface area is 154 Å². The number of nitrogens with zero attached hydrogens (tertiary/aromatic N) is 1. The maximum atomic E-state index is 12.6. The normalized spacial score (nSPS) is 11.3. The van der Waals surface area contributed by atoms with Crippen LogP contribution in [-0.4, -0.2) is 40.3 Å². The number of carbonyl (C=O) groups excluding carboxylic acids is 1. The molecule has 0 aromatic heterocycles. The Bertz CT molecular complexity index is 843. The third kappa shape index (κ3) is 4.98. The number of benzene rings is 2. The number of methoxy groups -OCH3 is 1. The molecule has 0 atom stereocenters. The zero-order chi connectivity index (χ0) is 19.3. The summed E-state index contributed by atoms with van der Waals surface area (Å²) in [5.74, 6) is 1.05. The van der Waals surface area contributed by atoms with Crippen LogP contribution in [0.4, 0.5) is 5.69 Å². The van der Waals surface area contributed by atoms with Crippen LogP contribution in [0.3, 0.4) is 0 Å². The smallest absolute Gasteiger partial charge is 0.265 e. The molecule has 0 saturated carbocycles. The van der Waals surface area contributed by atoms with E-state index in [9.17, 15) is 13.2 Å². The lowest BCUT2D eigenvalue weighted by molar-refractivity contribution is -0.120. The molecule has 0 aliphatic heterocycles. The number of hydrogen-bond donors (Lipinski definition) is 0. The first-order valence-electron chi connectivity index (χ1n) is 8.11. The summed E-state index contributed by atoms with van der Waals surface area (Å²) in [6.07, 6.45) is 1.15. The second-order valence-corrected chi connectivity index (χ2v) is 8.10. The van der Waals surface area contributed by atoms with Gasteiger partial charge in [0.25, 0.3) is 5.91 Å². The fourth-order valence-corrected chi connectivity index (χ4v) is 3.10. The number of rotatable bonds is 7. The summed E-state index contributed by atoms with van der Waals surface area (Å²) in [6, 6.07) is 13.1. The molecular formula is C19H23NO5S. The van der Waals surface area contributed by atoms with Crippen molar-refractivity contribution >= 4 is 21.4 Å². The predicted octanol–water partition coefficient (Wildman–Crippen LogP) is 2.92. The van der Waals surface area contributed by atoms with Crippen LogP contribution in [0, 0.1) is 0 Å². The summed E-state index contributed by atoms with van der Waals surface area (Å²) in [4.78, 5) is 14.4. The molecule has 7 heteroatoms. The monoisotopic (exact) mass is 377 g/mol. The van der Waals surface area contributed by atoms with Crippen LogP contribution in [0.2, 0.25) is 0 Å².